The number of hydrogen-bond acceptors (Lipinski definition) is 6. The van der Waals surface area contributed by atoms with Crippen LogP contribution in [0.2, 0.25) is 0 Å². The zero-order valence-electron chi connectivity index (χ0n) is 13.7. The minimum atomic E-state index is 0.0116. The van der Waals surface area contributed by atoms with Crippen LogP contribution >= 0.6 is 0 Å². The summed E-state index contributed by atoms with van der Waals surface area (Å²) in [5.41, 5.74) is 1.54. The molecule has 3 rings (SSSR count). The fraction of sp³-hybridized carbons (Fsp3) is 0.438. The van der Waals surface area contributed by atoms with Crippen LogP contribution in [0, 0.1) is 6.92 Å². The highest BCUT2D eigenvalue weighted by Crippen LogP contribution is 2.18. The molecule has 1 aliphatic heterocycles. The van der Waals surface area contributed by atoms with Gasteiger partial charge in [-0.15, -0.1) is 0 Å². The van der Waals surface area contributed by atoms with Gasteiger partial charge in [-0.2, -0.15) is 4.98 Å². The first kappa shape index (κ1) is 15.3. The smallest absolute Gasteiger partial charge is 0.257 e. The van der Waals surface area contributed by atoms with Crippen LogP contribution in [0.3, 0.4) is 0 Å². The van der Waals surface area contributed by atoms with Gasteiger partial charge in [0.25, 0.3) is 5.91 Å². The summed E-state index contributed by atoms with van der Waals surface area (Å²) in [5.74, 6) is 1.63. The number of carbonyl (C=O) groups excluding carboxylic acids is 1. The Balaban J connectivity index is 1.68. The molecule has 1 amide bonds. The third-order valence-electron chi connectivity index (χ3n) is 3.90. The van der Waals surface area contributed by atoms with Gasteiger partial charge >= 0.3 is 0 Å². The van der Waals surface area contributed by atoms with E-state index in [1.54, 1.807) is 6.07 Å². The molecule has 3 heterocycles. The molecule has 0 N–H and O–H groups in total. The van der Waals surface area contributed by atoms with Crippen LogP contribution in [0.25, 0.3) is 0 Å². The third-order valence-corrected chi connectivity index (χ3v) is 3.90. The lowest BCUT2D eigenvalue weighted by molar-refractivity contribution is 0.0745. The lowest BCUT2D eigenvalue weighted by Crippen LogP contribution is -2.49. The van der Waals surface area contributed by atoms with Gasteiger partial charge in [-0.3, -0.25) is 4.79 Å². The maximum absolute atomic E-state index is 12.3. The molecule has 0 spiro atoms. The maximum Gasteiger partial charge on any atom is 0.257 e. The summed E-state index contributed by atoms with van der Waals surface area (Å²) >= 11 is 0. The number of nitrogens with zero attached hydrogens (tertiary/aromatic N) is 5. The van der Waals surface area contributed by atoms with Gasteiger partial charge in [0, 0.05) is 52.0 Å². The van der Waals surface area contributed by atoms with E-state index in [2.05, 4.69) is 14.9 Å². The first-order chi connectivity index (χ1) is 11.0. The predicted octanol–water partition coefficient (Wildman–Crippen LogP) is 1.41. The second kappa shape index (κ2) is 6.28. The number of hydrogen-bond donors (Lipinski definition) is 0. The summed E-state index contributed by atoms with van der Waals surface area (Å²) in [4.78, 5) is 27.4. The van der Waals surface area contributed by atoms with Crippen LogP contribution in [-0.4, -0.2) is 61.0 Å². The molecule has 1 aliphatic rings. The normalized spacial score (nSPS) is 14.9. The van der Waals surface area contributed by atoms with Crippen molar-refractivity contribution in [2.45, 2.75) is 6.92 Å². The van der Waals surface area contributed by atoms with Gasteiger partial charge in [-0.1, -0.05) is 0 Å². The van der Waals surface area contributed by atoms with Crippen molar-refractivity contribution in [3.8, 4) is 0 Å². The van der Waals surface area contributed by atoms with Crippen molar-refractivity contribution < 1.29 is 9.21 Å². The molecule has 2 aromatic rings. The van der Waals surface area contributed by atoms with Gasteiger partial charge < -0.3 is 19.1 Å². The SMILES string of the molecule is Cc1cc(N(C)C)nc(N2CCN(C(=O)c3ccoc3)CC2)n1. The lowest BCUT2D eigenvalue weighted by atomic mass is 10.2. The number of aromatic nitrogens is 2. The Morgan fingerprint density at radius 2 is 1.96 bits per heavy atom. The highest BCUT2D eigenvalue weighted by Gasteiger charge is 2.24. The van der Waals surface area contributed by atoms with E-state index in [1.807, 2.05) is 36.9 Å². The Morgan fingerprint density at radius 3 is 2.57 bits per heavy atom. The van der Waals surface area contributed by atoms with Crippen molar-refractivity contribution in [3.05, 3.63) is 35.9 Å². The number of piperazine rings is 1. The molecule has 0 radical (unpaired) electrons. The minimum absolute atomic E-state index is 0.0116. The van der Waals surface area contributed by atoms with Crippen molar-refractivity contribution >= 4 is 17.7 Å². The van der Waals surface area contributed by atoms with E-state index >= 15 is 0 Å². The molecular formula is C16H21N5O2. The van der Waals surface area contributed by atoms with E-state index in [0.717, 1.165) is 30.5 Å². The average Bonchev–Trinajstić information content (AvgIpc) is 3.08. The summed E-state index contributed by atoms with van der Waals surface area (Å²) < 4.78 is 4.98. The van der Waals surface area contributed by atoms with Crippen molar-refractivity contribution in [2.75, 3.05) is 50.1 Å². The van der Waals surface area contributed by atoms with Crippen molar-refractivity contribution in [1.82, 2.24) is 14.9 Å². The number of aryl methyl sites for hydroxylation is 1. The maximum atomic E-state index is 12.3. The second-order valence-corrected chi connectivity index (χ2v) is 5.85. The van der Waals surface area contributed by atoms with E-state index in [0.29, 0.717) is 18.7 Å². The summed E-state index contributed by atoms with van der Waals surface area (Å²) in [6.45, 7) is 4.72. The number of anilines is 2. The van der Waals surface area contributed by atoms with Crippen molar-refractivity contribution in [1.29, 1.82) is 0 Å². The molecule has 7 heteroatoms. The van der Waals surface area contributed by atoms with E-state index < -0.39 is 0 Å². The van der Waals surface area contributed by atoms with Gasteiger partial charge in [0.05, 0.1) is 11.8 Å². The van der Waals surface area contributed by atoms with Crippen LogP contribution in [0.4, 0.5) is 11.8 Å². The molecule has 0 bridgehead atoms. The second-order valence-electron chi connectivity index (χ2n) is 5.85. The fourth-order valence-electron chi connectivity index (χ4n) is 2.59. The zero-order valence-corrected chi connectivity index (χ0v) is 13.7. The van der Waals surface area contributed by atoms with Crippen molar-refractivity contribution in [2.24, 2.45) is 0 Å². The molecule has 2 aromatic heterocycles. The van der Waals surface area contributed by atoms with Crippen molar-refractivity contribution in [3.63, 3.8) is 0 Å². The monoisotopic (exact) mass is 315 g/mol. The molecule has 7 nitrogen and oxygen atoms in total. The van der Waals surface area contributed by atoms with Gasteiger partial charge in [-0.25, -0.2) is 4.98 Å². The van der Waals surface area contributed by atoms with E-state index in [4.69, 9.17) is 4.42 Å². The van der Waals surface area contributed by atoms with Gasteiger partial charge in [0.1, 0.15) is 12.1 Å². The Bertz CT molecular complexity index is 676. The van der Waals surface area contributed by atoms with E-state index in [9.17, 15) is 4.79 Å². The molecule has 0 aromatic carbocycles. The highest BCUT2D eigenvalue weighted by molar-refractivity contribution is 5.94. The first-order valence-electron chi connectivity index (χ1n) is 7.64. The summed E-state index contributed by atoms with van der Waals surface area (Å²) in [6.07, 6.45) is 3.01. The molecular weight excluding hydrogens is 294 g/mol. The van der Waals surface area contributed by atoms with Crippen LogP contribution in [-0.2, 0) is 0 Å². The summed E-state index contributed by atoms with van der Waals surface area (Å²) in [6, 6.07) is 3.66. The number of amides is 1. The Hall–Kier alpha value is -2.57. The molecule has 122 valence electrons. The number of rotatable bonds is 3. The summed E-state index contributed by atoms with van der Waals surface area (Å²) in [7, 11) is 3.93. The predicted molar refractivity (Wildman–Crippen MR) is 87.9 cm³/mol. The van der Waals surface area contributed by atoms with Crippen LogP contribution < -0.4 is 9.80 Å². The van der Waals surface area contributed by atoms with Crippen LogP contribution in [0.1, 0.15) is 16.1 Å². The standard InChI is InChI=1S/C16H21N5O2/c1-12-10-14(19(2)3)18-16(17-12)21-7-5-20(6-8-21)15(22)13-4-9-23-11-13/h4,9-11H,5-8H2,1-3H3. The van der Waals surface area contributed by atoms with E-state index in [-0.39, 0.29) is 5.91 Å². The van der Waals surface area contributed by atoms with Gasteiger partial charge in [-0.05, 0) is 13.0 Å². The fourth-order valence-corrected chi connectivity index (χ4v) is 2.59. The Labute approximate surface area is 135 Å². The highest BCUT2D eigenvalue weighted by atomic mass is 16.3. The summed E-state index contributed by atoms with van der Waals surface area (Å²) in [5, 5.41) is 0. The number of furan rings is 1. The van der Waals surface area contributed by atoms with Crippen LogP contribution in [0.15, 0.2) is 29.1 Å². The largest absolute Gasteiger partial charge is 0.472 e. The Morgan fingerprint density at radius 1 is 1.22 bits per heavy atom. The van der Waals surface area contributed by atoms with Gasteiger partial charge in [0.15, 0.2) is 0 Å². The lowest BCUT2D eigenvalue weighted by Gasteiger charge is -2.34. The third kappa shape index (κ3) is 3.28. The van der Waals surface area contributed by atoms with Gasteiger partial charge in [0.2, 0.25) is 5.95 Å². The molecule has 0 aliphatic carbocycles. The molecule has 0 atom stereocenters. The average molecular weight is 315 g/mol. The zero-order chi connectivity index (χ0) is 16.4. The molecule has 0 unspecified atom stereocenters. The minimum Gasteiger partial charge on any atom is -0.472 e. The topological polar surface area (TPSA) is 65.7 Å². The number of carbonyl (C=O) groups is 1. The molecule has 1 saturated heterocycles. The Kier molecular flexibility index (Phi) is 4.18. The first-order valence-corrected chi connectivity index (χ1v) is 7.64. The molecule has 23 heavy (non-hydrogen) atoms. The van der Waals surface area contributed by atoms with Crippen LogP contribution in [0.5, 0.6) is 0 Å². The van der Waals surface area contributed by atoms with E-state index in [1.165, 1.54) is 12.5 Å². The quantitative estimate of drug-likeness (QED) is 0.853. The molecule has 1 fully saturated rings. The molecule has 0 saturated carbocycles.